The maximum Gasteiger partial charge on any atom is 0.405 e. The molecule has 36 heavy (non-hydrogen) atoms. The summed E-state index contributed by atoms with van der Waals surface area (Å²) in [5, 5.41) is 11.8. The Morgan fingerprint density at radius 1 is 1.22 bits per heavy atom. The van der Waals surface area contributed by atoms with E-state index in [1.165, 1.54) is 24.9 Å². The van der Waals surface area contributed by atoms with E-state index >= 15 is 0 Å². The van der Waals surface area contributed by atoms with E-state index in [1.54, 1.807) is 24.4 Å². The van der Waals surface area contributed by atoms with Gasteiger partial charge >= 0.3 is 6.18 Å². The van der Waals surface area contributed by atoms with Crippen molar-refractivity contribution in [2.45, 2.75) is 25.6 Å². The summed E-state index contributed by atoms with van der Waals surface area (Å²) in [7, 11) is -2.40. The summed E-state index contributed by atoms with van der Waals surface area (Å²) >= 11 is 0. The molecule has 1 atom stereocenters. The van der Waals surface area contributed by atoms with Crippen molar-refractivity contribution in [2.24, 2.45) is 4.36 Å². The van der Waals surface area contributed by atoms with Crippen LogP contribution >= 0.6 is 0 Å². The molecule has 0 fully saturated rings. The first-order chi connectivity index (χ1) is 16.8. The topological polar surface area (TPSA) is 114 Å². The van der Waals surface area contributed by atoms with Crippen molar-refractivity contribution in [2.75, 3.05) is 25.7 Å². The molecule has 13 heteroatoms. The highest BCUT2D eigenvalue weighted by molar-refractivity contribution is 7.92. The molecule has 194 valence electrons. The number of ether oxygens (including phenoxy) is 1. The molecule has 3 rings (SSSR count). The molecule has 1 amide bonds. The largest absolute Gasteiger partial charge is 0.478 e. The van der Waals surface area contributed by atoms with Gasteiger partial charge in [0.05, 0.1) is 23.5 Å². The minimum absolute atomic E-state index is 0.0899. The molecule has 8 nitrogen and oxygen atoms in total. The van der Waals surface area contributed by atoms with Crippen LogP contribution in [0.25, 0.3) is 10.9 Å². The van der Waals surface area contributed by atoms with Crippen molar-refractivity contribution in [1.29, 1.82) is 0 Å². The second kappa shape index (κ2) is 10.7. The first-order valence-electron chi connectivity index (χ1n) is 10.6. The molecule has 0 saturated carbocycles. The van der Waals surface area contributed by atoms with Crippen molar-refractivity contribution in [3.63, 3.8) is 0 Å². The number of alkyl halides is 3. The van der Waals surface area contributed by atoms with Crippen molar-refractivity contribution >= 4 is 32.2 Å². The van der Waals surface area contributed by atoms with Crippen molar-refractivity contribution in [3.8, 4) is 5.75 Å². The van der Waals surface area contributed by atoms with Crippen LogP contribution < -0.4 is 10.1 Å². The van der Waals surface area contributed by atoms with Gasteiger partial charge in [0.2, 0.25) is 0 Å². The SMILES string of the molecule is Cc1cc(N=S(C)(C)=O)cc2ncnc(Cc3ccc(F)cc3O[C@H](CO)C(=O)NCC(F)(F)F)c12. The van der Waals surface area contributed by atoms with Gasteiger partial charge < -0.3 is 15.2 Å². The van der Waals surface area contributed by atoms with Gasteiger partial charge in [-0.3, -0.25) is 4.79 Å². The number of fused-ring (bicyclic) bond motifs is 1. The van der Waals surface area contributed by atoms with E-state index in [0.29, 0.717) is 27.8 Å². The van der Waals surface area contributed by atoms with Crippen LogP contribution in [0.1, 0.15) is 16.8 Å². The zero-order chi connectivity index (χ0) is 26.7. The highest BCUT2D eigenvalue weighted by Crippen LogP contribution is 2.30. The molecule has 0 aliphatic heterocycles. The molecular formula is C23H24F4N4O4S. The molecule has 3 aromatic rings. The third kappa shape index (κ3) is 7.34. The molecule has 0 aliphatic carbocycles. The van der Waals surface area contributed by atoms with Crippen LogP contribution in [0.5, 0.6) is 5.75 Å². The number of nitrogens with one attached hydrogen (secondary N) is 1. The predicted molar refractivity (Wildman–Crippen MR) is 126 cm³/mol. The fourth-order valence-electron chi connectivity index (χ4n) is 3.49. The van der Waals surface area contributed by atoms with Gasteiger partial charge in [0.25, 0.3) is 5.91 Å². The highest BCUT2D eigenvalue weighted by Gasteiger charge is 2.30. The van der Waals surface area contributed by atoms with E-state index in [4.69, 9.17) is 4.74 Å². The molecule has 0 spiro atoms. The fraction of sp³-hybridized carbons (Fsp3) is 0.348. The molecule has 0 saturated heterocycles. The van der Waals surface area contributed by atoms with Gasteiger partial charge in [-0.2, -0.15) is 17.5 Å². The molecular weight excluding hydrogens is 504 g/mol. The van der Waals surface area contributed by atoms with Crippen LogP contribution in [-0.2, 0) is 20.9 Å². The van der Waals surface area contributed by atoms with Crippen LogP contribution in [0, 0.1) is 12.7 Å². The van der Waals surface area contributed by atoms with Gasteiger partial charge in [-0.05, 0) is 30.7 Å². The van der Waals surface area contributed by atoms with Crippen LogP contribution in [0.15, 0.2) is 41.0 Å². The van der Waals surface area contributed by atoms with Crippen LogP contribution in [0.2, 0.25) is 0 Å². The van der Waals surface area contributed by atoms with Crippen LogP contribution in [0.4, 0.5) is 23.2 Å². The number of halogens is 4. The van der Waals surface area contributed by atoms with Gasteiger partial charge in [-0.15, -0.1) is 0 Å². The quantitative estimate of drug-likeness (QED) is 0.433. The van der Waals surface area contributed by atoms with Crippen LogP contribution in [0.3, 0.4) is 0 Å². The first kappa shape index (κ1) is 27.3. The Kier molecular flexibility index (Phi) is 8.14. The number of rotatable bonds is 8. The average Bonchev–Trinajstić information content (AvgIpc) is 2.75. The standard InChI is InChI=1S/C23H24F4N4O4S/c1-13-6-16(31-36(2,3)34)9-18-21(13)17(29-12-30-18)7-14-4-5-15(24)8-19(14)35-20(10-32)22(33)28-11-23(25,26)27/h4-6,8-9,12,20,32H,7,10-11H2,1-3H3,(H,28,33)/t20-/m1/s1. The Morgan fingerprint density at radius 2 is 1.94 bits per heavy atom. The third-order valence-electron chi connectivity index (χ3n) is 4.90. The first-order valence-corrected chi connectivity index (χ1v) is 12.9. The van der Waals surface area contributed by atoms with Crippen LogP contribution in [-0.4, -0.2) is 63.1 Å². The van der Waals surface area contributed by atoms with Gasteiger partial charge in [-0.1, -0.05) is 6.07 Å². The summed E-state index contributed by atoms with van der Waals surface area (Å²) < 4.78 is 73.0. The number of hydrogen-bond acceptors (Lipinski definition) is 7. The summed E-state index contributed by atoms with van der Waals surface area (Å²) in [6, 6.07) is 6.92. The maximum absolute atomic E-state index is 14.0. The number of aliphatic hydroxyl groups is 1. The lowest BCUT2D eigenvalue weighted by molar-refractivity contribution is -0.143. The highest BCUT2D eigenvalue weighted by atomic mass is 32.2. The minimum atomic E-state index is -4.65. The molecule has 1 aromatic heterocycles. The zero-order valence-electron chi connectivity index (χ0n) is 19.6. The van der Waals surface area contributed by atoms with Crippen molar-refractivity contribution in [1.82, 2.24) is 15.3 Å². The molecule has 0 radical (unpaired) electrons. The lowest BCUT2D eigenvalue weighted by atomic mass is 10.0. The number of carbonyl (C=O) groups excluding carboxylic acids is 1. The molecule has 0 unspecified atom stereocenters. The lowest BCUT2D eigenvalue weighted by Crippen LogP contribution is -2.44. The summed E-state index contributed by atoms with van der Waals surface area (Å²) in [6.45, 7) is -0.733. The Labute approximate surface area is 204 Å². The fourth-order valence-corrected chi connectivity index (χ4v) is 4.10. The van der Waals surface area contributed by atoms with E-state index < -0.39 is 46.9 Å². The van der Waals surface area contributed by atoms with Gasteiger partial charge in [0.1, 0.15) is 24.4 Å². The number of amides is 1. The number of aliphatic hydroxyl groups excluding tert-OH is 1. The number of benzene rings is 2. The molecule has 0 bridgehead atoms. The van der Waals surface area contributed by atoms with Gasteiger partial charge in [0.15, 0.2) is 6.10 Å². The molecule has 0 aliphatic rings. The van der Waals surface area contributed by atoms with E-state index in [0.717, 1.165) is 17.7 Å². The molecule has 1 heterocycles. The third-order valence-corrected chi connectivity index (χ3v) is 5.55. The Balaban J connectivity index is 1.95. The summed E-state index contributed by atoms with van der Waals surface area (Å²) in [4.78, 5) is 20.7. The summed E-state index contributed by atoms with van der Waals surface area (Å²) in [6.07, 6.45) is -1.91. The predicted octanol–water partition coefficient (Wildman–Crippen LogP) is 3.45. The minimum Gasteiger partial charge on any atom is -0.478 e. The lowest BCUT2D eigenvalue weighted by Gasteiger charge is -2.19. The number of hydrogen-bond donors (Lipinski definition) is 2. The smallest absolute Gasteiger partial charge is 0.405 e. The molecule has 2 N–H and O–H groups in total. The number of aryl methyl sites for hydroxylation is 1. The van der Waals surface area contributed by atoms with E-state index in [1.807, 2.05) is 0 Å². The summed E-state index contributed by atoms with van der Waals surface area (Å²) in [5.74, 6) is -2.05. The maximum atomic E-state index is 14.0. The van der Waals surface area contributed by atoms with Gasteiger partial charge in [0, 0.05) is 45.7 Å². The monoisotopic (exact) mass is 528 g/mol. The second-order valence-corrected chi connectivity index (χ2v) is 10.8. The Hall–Kier alpha value is -3.32. The van der Waals surface area contributed by atoms with Crippen molar-refractivity contribution < 1.29 is 36.4 Å². The number of aromatic nitrogens is 2. The number of nitrogens with zero attached hydrogens (tertiary/aromatic N) is 3. The second-order valence-electron chi connectivity index (χ2n) is 8.30. The van der Waals surface area contributed by atoms with E-state index in [2.05, 4.69) is 14.3 Å². The van der Waals surface area contributed by atoms with E-state index in [9.17, 15) is 31.7 Å². The van der Waals surface area contributed by atoms with Gasteiger partial charge in [-0.25, -0.2) is 18.6 Å². The number of carbonyl (C=O) groups is 1. The molecule has 2 aromatic carbocycles. The normalized spacial score (nSPS) is 12.9. The summed E-state index contributed by atoms with van der Waals surface area (Å²) in [5.41, 5.74) is 2.66. The van der Waals surface area contributed by atoms with E-state index in [-0.39, 0.29) is 12.2 Å². The Morgan fingerprint density at radius 3 is 2.58 bits per heavy atom. The Bertz CT molecular complexity index is 1400. The zero-order valence-corrected chi connectivity index (χ0v) is 20.4. The van der Waals surface area contributed by atoms with Crippen molar-refractivity contribution in [3.05, 3.63) is 59.3 Å². The average molecular weight is 529 g/mol.